The number of nitrogens with one attached hydrogen (secondary N) is 1. The van der Waals surface area contributed by atoms with Gasteiger partial charge in [-0.25, -0.2) is 19.0 Å². The van der Waals surface area contributed by atoms with Crippen LogP contribution in [0.15, 0.2) is 40.0 Å². The average Bonchev–Trinajstić information content (AvgIpc) is 2.60. The number of carbonyl (C=O) groups excluding carboxylic acids is 1. The molecule has 0 fully saturated rings. The third-order valence-corrected chi connectivity index (χ3v) is 3.80. The third-order valence-electron chi connectivity index (χ3n) is 3.31. The first kappa shape index (κ1) is 18.8. The number of anilines is 1. The van der Waals surface area contributed by atoms with E-state index in [2.05, 4.69) is 41.1 Å². The van der Waals surface area contributed by atoms with Gasteiger partial charge in [0.2, 0.25) is 11.8 Å². The zero-order chi connectivity index (χ0) is 19.6. The van der Waals surface area contributed by atoms with E-state index in [9.17, 15) is 22.8 Å². The summed E-state index contributed by atoms with van der Waals surface area (Å²) in [6, 6.07) is 4.29. The van der Waals surface area contributed by atoms with Gasteiger partial charge >= 0.3 is 6.61 Å². The molecule has 12 heteroatoms. The second-order valence-electron chi connectivity index (χ2n) is 5.10. The minimum absolute atomic E-state index is 0.0102. The van der Waals surface area contributed by atoms with Gasteiger partial charge in [-0.3, -0.25) is 9.59 Å². The zero-order valence-corrected chi connectivity index (χ0v) is 14.8. The van der Waals surface area contributed by atoms with Gasteiger partial charge < -0.3 is 10.1 Å². The molecule has 27 heavy (non-hydrogen) atoms. The number of fused-ring (bicyclic) bond motifs is 1. The van der Waals surface area contributed by atoms with Crippen LogP contribution in [-0.2, 0) is 11.3 Å². The number of hydrogen-bond acceptors (Lipinski definition) is 6. The van der Waals surface area contributed by atoms with Gasteiger partial charge in [0.25, 0.3) is 5.56 Å². The molecule has 1 aromatic carbocycles. The highest BCUT2D eigenvalue weighted by atomic mass is 79.9. The number of amides is 1. The molecule has 2 aromatic heterocycles. The lowest BCUT2D eigenvalue weighted by atomic mass is 10.2. The number of rotatable bonds is 5. The Labute approximate surface area is 157 Å². The van der Waals surface area contributed by atoms with Crippen molar-refractivity contribution < 1.29 is 22.7 Å². The quantitative estimate of drug-likeness (QED) is 0.649. The summed E-state index contributed by atoms with van der Waals surface area (Å²) >= 11 is 3.18. The molecule has 0 spiro atoms. The number of halogens is 4. The van der Waals surface area contributed by atoms with Crippen LogP contribution in [0.4, 0.5) is 19.0 Å². The van der Waals surface area contributed by atoms with Crippen molar-refractivity contribution in [2.45, 2.75) is 13.2 Å². The summed E-state index contributed by atoms with van der Waals surface area (Å²) in [7, 11) is 0. The monoisotopic (exact) mass is 443 g/mol. The normalized spacial score (nSPS) is 11.0. The first-order chi connectivity index (χ1) is 12.8. The van der Waals surface area contributed by atoms with Crippen LogP contribution in [0.25, 0.3) is 10.8 Å². The smallest absolute Gasteiger partial charge is 0.388 e. The number of benzene rings is 1. The van der Waals surface area contributed by atoms with E-state index in [0.29, 0.717) is 9.15 Å². The van der Waals surface area contributed by atoms with Gasteiger partial charge in [-0.05, 0) is 18.2 Å². The summed E-state index contributed by atoms with van der Waals surface area (Å²) in [5.41, 5.74) is -0.716. The SMILES string of the molecule is O=C(Cn1nc(OC(F)F)c2ccc(Br)cc2c1=O)Nc1ncncc1F. The maximum atomic E-state index is 13.5. The molecule has 1 N–H and O–H groups in total. The summed E-state index contributed by atoms with van der Waals surface area (Å²) in [6.07, 6.45) is 1.86. The first-order valence-electron chi connectivity index (χ1n) is 7.25. The Morgan fingerprint density at radius 3 is 2.81 bits per heavy atom. The van der Waals surface area contributed by atoms with Crippen molar-refractivity contribution in [3.05, 3.63) is 51.4 Å². The predicted octanol–water partition coefficient (Wildman–Crippen LogP) is 2.33. The maximum Gasteiger partial charge on any atom is 0.388 e. The molecule has 3 aromatic rings. The number of aromatic nitrogens is 4. The fourth-order valence-electron chi connectivity index (χ4n) is 2.22. The largest absolute Gasteiger partial charge is 0.415 e. The standard InChI is InChI=1S/C15H9BrF3N5O3/c16-7-1-2-8-9(3-7)14(26)24(23-13(8)27-15(18)19)5-11(25)22-12-10(17)4-20-6-21-12/h1-4,6,15H,5H2,(H,20,21,22,25). The molecule has 0 aliphatic rings. The fourth-order valence-corrected chi connectivity index (χ4v) is 2.58. The molecule has 0 saturated carbocycles. The van der Waals surface area contributed by atoms with Gasteiger partial charge in [0.15, 0.2) is 11.6 Å². The van der Waals surface area contributed by atoms with E-state index in [1.807, 2.05) is 0 Å². The Balaban J connectivity index is 1.98. The van der Waals surface area contributed by atoms with Crippen LogP contribution in [-0.4, -0.2) is 32.3 Å². The van der Waals surface area contributed by atoms with Crippen LogP contribution < -0.4 is 15.6 Å². The number of nitrogens with zero attached hydrogens (tertiary/aromatic N) is 4. The molecule has 0 aliphatic heterocycles. The summed E-state index contributed by atoms with van der Waals surface area (Å²) in [5, 5.41) is 5.88. The summed E-state index contributed by atoms with van der Waals surface area (Å²) in [6.45, 7) is -3.86. The molecule has 0 atom stereocenters. The van der Waals surface area contributed by atoms with E-state index in [1.165, 1.54) is 18.2 Å². The van der Waals surface area contributed by atoms with E-state index in [1.54, 1.807) is 0 Å². The van der Waals surface area contributed by atoms with Crippen molar-refractivity contribution in [2.75, 3.05) is 5.32 Å². The van der Waals surface area contributed by atoms with Crippen molar-refractivity contribution in [1.82, 2.24) is 19.7 Å². The predicted molar refractivity (Wildman–Crippen MR) is 91.0 cm³/mol. The van der Waals surface area contributed by atoms with Crippen LogP contribution >= 0.6 is 15.9 Å². The molecule has 0 saturated heterocycles. The van der Waals surface area contributed by atoms with Gasteiger partial charge in [0, 0.05) is 4.47 Å². The van der Waals surface area contributed by atoms with Gasteiger partial charge in [-0.15, -0.1) is 5.10 Å². The molecule has 8 nitrogen and oxygen atoms in total. The number of carbonyl (C=O) groups is 1. The number of hydrogen-bond donors (Lipinski definition) is 1. The summed E-state index contributed by atoms with van der Waals surface area (Å²) in [5.74, 6) is -2.64. The number of ether oxygens (including phenoxy) is 1. The second kappa shape index (κ2) is 7.70. The Morgan fingerprint density at radius 1 is 1.33 bits per heavy atom. The molecule has 0 aliphatic carbocycles. The zero-order valence-electron chi connectivity index (χ0n) is 13.2. The lowest BCUT2D eigenvalue weighted by molar-refractivity contribution is -0.117. The minimum Gasteiger partial charge on any atom is -0.415 e. The first-order valence-corrected chi connectivity index (χ1v) is 8.05. The van der Waals surface area contributed by atoms with Gasteiger partial charge in [-0.1, -0.05) is 15.9 Å². The van der Waals surface area contributed by atoms with Crippen molar-refractivity contribution in [3.63, 3.8) is 0 Å². The van der Waals surface area contributed by atoms with Gasteiger partial charge in [0.05, 0.1) is 17.0 Å². The topological polar surface area (TPSA) is 99.0 Å². The van der Waals surface area contributed by atoms with E-state index < -0.39 is 42.1 Å². The molecule has 2 heterocycles. The van der Waals surface area contributed by atoms with Crippen LogP contribution in [0.2, 0.25) is 0 Å². The average molecular weight is 444 g/mol. The highest BCUT2D eigenvalue weighted by molar-refractivity contribution is 9.10. The van der Waals surface area contributed by atoms with Gasteiger partial charge in [-0.2, -0.15) is 8.78 Å². The molecule has 1 amide bonds. The minimum atomic E-state index is -3.18. The summed E-state index contributed by atoms with van der Waals surface area (Å²) in [4.78, 5) is 31.6. The molecule has 0 radical (unpaired) electrons. The van der Waals surface area contributed by atoms with E-state index in [4.69, 9.17) is 0 Å². The Bertz CT molecular complexity index is 1080. The van der Waals surface area contributed by atoms with Crippen molar-refractivity contribution in [1.29, 1.82) is 0 Å². The third kappa shape index (κ3) is 4.22. The van der Waals surface area contributed by atoms with Crippen LogP contribution in [0.1, 0.15) is 0 Å². The Morgan fingerprint density at radius 2 is 2.11 bits per heavy atom. The van der Waals surface area contributed by atoms with Crippen molar-refractivity contribution in [2.24, 2.45) is 0 Å². The van der Waals surface area contributed by atoms with Crippen LogP contribution in [0, 0.1) is 5.82 Å². The molecular formula is C15H9BrF3N5O3. The second-order valence-corrected chi connectivity index (χ2v) is 6.02. The lowest BCUT2D eigenvalue weighted by Crippen LogP contribution is -2.30. The molecule has 0 bridgehead atoms. The number of alkyl halides is 2. The summed E-state index contributed by atoms with van der Waals surface area (Å²) < 4.78 is 44.3. The van der Waals surface area contributed by atoms with Crippen molar-refractivity contribution >= 4 is 38.4 Å². The highest BCUT2D eigenvalue weighted by Gasteiger charge is 2.18. The molecular weight excluding hydrogens is 435 g/mol. The van der Waals surface area contributed by atoms with Crippen LogP contribution in [0.3, 0.4) is 0 Å². The Hall–Kier alpha value is -3.02. The molecule has 0 unspecified atom stereocenters. The molecule has 140 valence electrons. The highest BCUT2D eigenvalue weighted by Crippen LogP contribution is 2.25. The van der Waals surface area contributed by atoms with E-state index >= 15 is 0 Å². The van der Waals surface area contributed by atoms with Gasteiger partial charge in [0.1, 0.15) is 12.9 Å². The van der Waals surface area contributed by atoms with Crippen molar-refractivity contribution in [3.8, 4) is 5.88 Å². The molecule has 3 rings (SSSR count). The lowest BCUT2D eigenvalue weighted by Gasteiger charge is -2.11. The van der Waals surface area contributed by atoms with E-state index in [0.717, 1.165) is 12.5 Å². The fraction of sp³-hybridized carbons (Fsp3) is 0.133. The maximum absolute atomic E-state index is 13.5. The van der Waals surface area contributed by atoms with Crippen LogP contribution in [0.5, 0.6) is 5.88 Å². The Kier molecular flexibility index (Phi) is 5.35. The van der Waals surface area contributed by atoms with E-state index in [-0.39, 0.29) is 10.8 Å².